The third-order valence-electron chi connectivity index (χ3n) is 3.04. The molecule has 1 fully saturated rings. The van der Waals surface area contributed by atoms with Crippen LogP contribution in [-0.2, 0) is 6.42 Å². The molecule has 0 aliphatic carbocycles. The molecule has 2 aliphatic rings. The van der Waals surface area contributed by atoms with Gasteiger partial charge in [0, 0.05) is 36.6 Å². The van der Waals surface area contributed by atoms with Crippen molar-refractivity contribution < 1.29 is 5.11 Å². The highest BCUT2D eigenvalue weighted by Crippen LogP contribution is 2.33. The fraction of sp³-hybridized carbons (Fsp3) is 0.455. The van der Waals surface area contributed by atoms with Gasteiger partial charge in [0.15, 0.2) is 0 Å². The molecule has 0 unspecified atom stereocenters. The molecule has 0 bridgehead atoms. The Labute approximate surface area is 83.3 Å². The quantitative estimate of drug-likeness (QED) is 0.688. The van der Waals surface area contributed by atoms with Gasteiger partial charge in [0.2, 0.25) is 0 Å². The second-order valence-corrected chi connectivity index (χ2v) is 4.04. The predicted molar refractivity (Wildman–Crippen MR) is 56.9 cm³/mol. The van der Waals surface area contributed by atoms with Crippen LogP contribution in [0.15, 0.2) is 18.2 Å². The molecule has 0 amide bonds. The van der Waals surface area contributed by atoms with Crippen LogP contribution in [0.2, 0.25) is 0 Å². The van der Waals surface area contributed by atoms with Crippen LogP contribution in [0.3, 0.4) is 0 Å². The Morgan fingerprint density at radius 3 is 3.00 bits per heavy atom. The van der Waals surface area contributed by atoms with Crippen molar-refractivity contribution in [3.05, 3.63) is 23.8 Å². The lowest BCUT2D eigenvalue weighted by molar-refractivity contribution is 0.142. The number of rotatable bonds is 1. The summed E-state index contributed by atoms with van der Waals surface area (Å²) in [5, 5.41) is 12.6. The van der Waals surface area contributed by atoms with Gasteiger partial charge >= 0.3 is 0 Å². The minimum absolute atomic E-state index is 0.125. The zero-order valence-electron chi connectivity index (χ0n) is 8.03. The van der Waals surface area contributed by atoms with Crippen molar-refractivity contribution >= 4 is 11.4 Å². The van der Waals surface area contributed by atoms with Crippen molar-refractivity contribution in [2.45, 2.75) is 12.5 Å². The lowest BCUT2D eigenvalue weighted by Gasteiger charge is -2.38. The number of fused-ring (bicyclic) bond motifs is 1. The van der Waals surface area contributed by atoms with E-state index in [1.54, 1.807) is 0 Å². The highest BCUT2D eigenvalue weighted by Gasteiger charge is 2.27. The second-order valence-electron chi connectivity index (χ2n) is 4.04. The van der Waals surface area contributed by atoms with E-state index in [0.29, 0.717) is 0 Å². The van der Waals surface area contributed by atoms with Gasteiger partial charge in [-0.15, -0.1) is 0 Å². The maximum absolute atomic E-state index is 9.27. The Hall–Kier alpha value is -1.22. The summed E-state index contributed by atoms with van der Waals surface area (Å²) in [7, 11) is 0. The Morgan fingerprint density at radius 1 is 1.36 bits per heavy atom. The van der Waals surface area contributed by atoms with Crippen molar-refractivity contribution in [2.75, 3.05) is 29.9 Å². The van der Waals surface area contributed by atoms with Crippen LogP contribution in [-0.4, -0.2) is 30.8 Å². The zero-order chi connectivity index (χ0) is 9.54. The van der Waals surface area contributed by atoms with Gasteiger partial charge in [-0.25, -0.2) is 0 Å². The fourth-order valence-corrected chi connectivity index (χ4v) is 2.27. The Morgan fingerprint density at radius 2 is 2.21 bits per heavy atom. The molecule has 2 N–H and O–H groups in total. The molecule has 2 aliphatic heterocycles. The third kappa shape index (κ3) is 1.09. The predicted octanol–water partition coefficient (Wildman–Crippen LogP) is 0.835. The number of aliphatic hydroxyl groups excluding tert-OH is 1. The maximum Gasteiger partial charge on any atom is 0.0889 e. The molecule has 0 spiro atoms. The first-order valence-electron chi connectivity index (χ1n) is 5.13. The molecule has 3 nitrogen and oxygen atoms in total. The van der Waals surface area contributed by atoms with Crippen molar-refractivity contribution in [3.8, 4) is 0 Å². The molecule has 1 aromatic rings. The van der Waals surface area contributed by atoms with E-state index in [2.05, 4.69) is 28.4 Å². The molecule has 1 saturated heterocycles. The minimum atomic E-state index is -0.125. The standard InChI is InChI=1S/C11H14N2O/c14-8-6-13(7-8)11-3-1-2-10-9(11)4-5-12-10/h1-3,8,12,14H,4-7H2. The van der Waals surface area contributed by atoms with Crippen molar-refractivity contribution in [2.24, 2.45) is 0 Å². The number of nitrogens with zero attached hydrogens (tertiary/aromatic N) is 1. The number of anilines is 2. The largest absolute Gasteiger partial charge is 0.389 e. The topological polar surface area (TPSA) is 35.5 Å². The first-order valence-corrected chi connectivity index (χ1v) is 5.13. The van der Waals surface area contributed by atoms with Gasteiger partial charge in [0.25, 0.3) is 0 Å². The van der Waals surface area contributed by atoms with E-state index < -0.39 is 0 Å². The normalized spacial score (nSPS) is 20.2. The zero-order valence-corrected chi connectivity index (χ0v) is 8.03. The molecule has 3 rings (SSSR count). The minimum Gasteiger partial charge on any atom is -0.389 e. The number of nitrogens with one attached hydrogen (secondary N) is 1. The number of hydrogen-bond acceptors (Lipinski definition) is 3. The molecule has 0 atom stereocenters. The van der Waals surface area contributed by atoms with E-state index in [4.69, 9.17) is 0 Å². The highest BCUT2D eigenvalue weighted by molar-refractivity contribution is 5.70. The molecular weight excluding hydrogens is 176 g/mol. The van der Waals surface area contributed by atoms with E-state index in [9.17, 15) is 5.11 Å². The number of hydrogen-bond donors (Lipinski definition) is 2. The molecule has 14 heavy (non-hydrogen) atoms. The van der Waals surface area contributed by atoms with Crippen LogP contribution in [0.25, 0.3) is 0 Å². The van der Waals surface area contributed by atoms with Gasteiger partial charge in [-0.2, -0.15) is 0 Å². The summed E-state index contributed by atoms with van der Waals surface area (Å²) in [5.41, 5.74) is 3.99. The number of aliphatic hydroxyl groups is 1. The van der Waals surface area contributed by atoms with Crippen LogP contribution in [0, 0.1) is 0 Å². The van der Waals surface area contributed by atoms with Gasteiger partial charge in [0.05, 0.1) is 6.10 Å². The first-order chi connectivity index (χ1) is 6.84. The van der Waals surface area contributed by atoms with Crippen molar-refractivity contribution in [1.82, 2.24) is 0 Å². The Bertz CT molecular complexity index is 358. The number of β-amino-alcohol motifs (C(OH)–C–C–N with tert-alkyl or cyclic N) is 1. The van der Waals surface area contributed by atoms with Gasteiger partial charge in [-0.05, 0) is 18.6 Å². The molecule has 0 saturated carbocycles. The monoisotopic (exact) mass is 190 g/mol. The molecule has 0 aromatic heterocycles. The van der Waals surface area contributed by atoms with Crippen molar-refractivity contribution in [3.63, 3.8) is 0 Å². The van der Waals surface area contributed by atoms with Crippen molar-refractivity contribution in [1.29, 1.82) is 0 Å². The highest BCUT2D eigenvalue weighted by atomic mass is 16.3. The summed E-state index contributed by atoms with van der Waals surface area (Å²) in [6.45, 7) is 2.62. The lowest BCUT2D eigenvalue weighted by atomic mass is 10.0. The van der Waals surface area contributed by atoms with Crippen LogP contribution < -0.4 is 10.2 Å². The summed E-state index contributed by atoms with van der Waals surface area (Å²) in [4.78, 5) is 2.25. The van der Waals surface area contributed by atoms with Gasteiger partial charge in [0.1, 0.15) is 0 Å². The van der Waals surface area contributed by atoms with E-state index in [1.807, 2.05) is 0 Å². The van der Waals surface area contributed by atoms with Crippen LogP contribution in [0.4, 0.5) is 11.4 Å². The Balaban J connectivity index is 1.94. The average molecular weight is 190 g/mol. The summed E-state index contributed by atoms with van der Waals surface area (Å²) in [6.07, 6.45) is 0.984. The van der Waals surface area contributed by atoms with E-state index >= 15 is 0 Å². The van der Waals surface area contributed by atoms with Crippen LogP contribution in [0.5, 0.6) is 0 Å². The summed E-state index contributed by atoms with van der Waals surface area (Å²) in [6, 6.07) is 6.36. The maximum atomic E-state index is 9.27. The molecule has 3 heteroatoms. The average Bonchev–Trinajstić information content (AvgIpc) is 2.60. The van der Waals surface area contributed by atoms with E-state index in [1.165, 1.54) is 16.9 Å². The lowest BCUT2D eigenvalue weighted by Crippen LogP contribution is -2.51. The SMILES string of the molecule is OC1CN(c2cccc3c2CCN3)C1. The second kappa shape index (κ2) is 2.89. The molecule has 2 heterocycles. The molecule has 1 aromatic carbocycles. The van der Waals surface area contributed by atoms with Gasteiger partial charge in [-0.1, -0.05) is 6.07 Å². The van der Waals surface area contributed by atoms with Crippen LogP contribution in [0.1, 0.15) is 5.56 Å². The van der Waals surface area contributed by atoms with Gasteiger partial charge < -0.3 is 15.3 Å². The van der Waals surface area contributed by atoms with E-state index in [0.717, 1.165) is 26.1 Å². The molecule has 74 valence electrons. The van der Waals surface area contributed by atoms with Gasteiger partial charge in [-0.3, -0.25) is 0 Å². The summed E-state index contributed by atoms with van der Waals surface area (Å²) < 4.78 is 0. The number of benzene rings is 1. The first kappa shape index (κ1) is 8.12. The van der Waals surface area contributed by atoms with Crippen LogP contribution >= 0.6 is 0 Å². The molecular formula is C11H14N2O. The summed E-state index contributed by atoms with van der Waals surface area (Å²) in [5.74, 6) is 0. The fourth-order valence-electron chi connectivity index (χ4n) is 2.27. The molecule has 0 radical (unpaired) electrons. The third-order valence-corrected chi connectivity index (χ3v) is 3.04. The summed E-state index contributed by atoms with van der Waals surface area (Å²) >= 11 is 0. The van der Waals surface area contributed by atoms with E-state index in [-0.39, 0.29) is 6.10 Å². The Kier molecular flexibility index (Phi) is 1.67. The smallest absolute Gasteiger partial charge is 0.0889 e.